The van der Waals surface area contributed by atoms with E-state index in [-0.39, 0.29) is 11.2 Å². The molecule has 6 heterocycles. The molecule has 2 saturated heterocycles. The van der Waals surface area contributed by atoms with E-state index >= 15 is 0 Å². The third-order valence-electron chi connectivity index (χ3n) is 10.8. The first-order valence-corrected chi connectivity index (χ1v) is 17.3. The van der Waals surface area contributed by atoms with Gasteiger partial charge < -0.3 is 15.0 Å². The van der Waals surface area contributed by atoms with Crippen molar-refractivity contribution in [2.24, 2.45) is 17.3 Å². The summed E-state index contributed by atoms with van der Waals surface area (Å²) in [6.07, 6.45) is 12.1. The molecule has 13 nitrogen and oxygen atoms in total. The molecule has 1 spiro atoms. The zero-order valence-corrected chi connectivity index (χ0v) is 27.6. The van der Waals surface area contributed by atoms with Crippen molar-refractivity contribution in [3.05, 3.63) is 60.8 Å². The number of aromatic amines is 1. The number of aromatic nitrogens is 9. The summed E-state index contributed by atoms with van der Waals surface area (Å²) in [6.45, 7) is 8.60. The maximum absolute atomic E-state index is 14.6. The van der Waals surface area contributed by atoms with E-state index in [0.717, 1.165) is 80.7 Å². The van der Waals surface area contributed by atoms with Gasteiger partial charge in [-0.15, -0.1) is 15.3 Å². The molecule has 2 N–H and O–H groups in total. The Bertz CT molecular complexity index is 1990. The summed E-state index contributed by atoms with van der Waals surface area (Å²) in [6, 6.07) is 7.52. The second kappa shape index (κ2) is 11.9. The summed E-state index contributed by atoms with van der Waals surface area (Å²) in [7, 11) is 0. The van der Waals surface area contributed by atoms with Gasteiger partial charge in [0.1, 0.15) is 29.7 Å². The lowest BCUT2D eigenvalue weighted by Crippen LogP contribution is -2.65. The van der Waals surface area contributed by atoms with Crippen molar-refractivity contribution in [2.45, 2.75) is 64.0 Å². The third kappa shape index (κ3) is 5.71. The maximum Gasteiger partial charge on any atom is 0.282 e. The lowest BCUT2D eigenvalue weighted by Gasteiger charge is -2.57. The molecule has 1 aromatic carbocycles. The molecule has 14 heteroatoms. The highest BCUT2D eigenvalue weighted by molar-refractivity contribution is 5.74. The van der Waals surface area contributed by atoms with Crippen LogP contribution in [0.1, 0.15) is 57.6 Å². The number of pyridine rings is 1. The quantitative estimate of drug-likeness (QED) is 0.202. The van der Waals surface area contributed by atoms with Crippen molar-refractivity contribution in [1.29, 1.82) is 0 Å². The first kappa shape index (κ1) is 30.2. The average molecular weight is 663 g/mol. The second-order valence-corrected chi connectivity index (χ2v) is 14.7. The van der Waals surface area contributed by atoms with Gasteiger partial charge in [0.2, 0.25) is 5.65 Å². The van der Waals surface area contributed by atoms with Crippen LogP contribution >= 0.6 is 0 Å². The van der Waals surface area contributed by atoms with Crippen LogP contribution in [0, 0.1) is 23.1 Å². The van der Waals surface area contributed by atoms with Crippen LogP contribution < -0.4 is 15.0 Å². The molecule has 0 amide bonds. The topological polar surface area (TPSA) is 147 Å². The van der Waals surface area contributed by atoms with Gasteiger partial charge >= 0.3 is 0 Å². The van der Waals surface area contributed by atoms with Gasteiger partial charge in [-0.25, -0.2) is 24.3 Å². The minimum absolute atomic E-state index is 0.205. The van der Waals surface area contributed by atoms with E-state index in [0.29, 0.717) is 58.5 Å². The maximum atomic E-state index is 14.6. The Balaban J connectivity index is 0.863. The van der Waals surface area contributed by atoms with Crippen molar-refractivity contribution < 1.29 is 9.13 Å². The molecule has 9 rings (SSSR count). The third-order valence-corrected chi connectivity index (χ3v) is 10.8. The Labute approximate surface area is 283 Å². The van der Waals surface area contributed by atoms with Crippen molar-refractivity contribution in [3.63, 3.8) is 0 Å². The molecule has 0 bridgehead atoms. The zero-order valence-electron chi connectivity index (χ0n) is 27.6. The first-order chi connectivity index (χ1) is 23.9. The Morgan fingerprint density at radius 3 is 2.71 bits per heavy atom. The van der Waals surface area contributed by atoms with Gasteiger partial charge in [-0.1, -0.05) is 13.8 Å². The lowest BCUT2D eigenvalue weighted by molar-refractivity contribution is -0.0656. The number of anilines is 2. The minimum Gasteiger partial charge on any atom is -0.434 e. The molecule has 252 valence electrons. The molecule has 2 aliphatic heterocycles. The molecular formula is C35H39FN12O. The van der Waals surface area contributed by atoms with E-state index < -0.39 is 0 Å². The molecule has 49 heavy (non-hydrogen) atoms. The van der Waals surface area contributed by atoms with Crippen LogP contribution in [0.5, 0.6) is 11.6 Å². The van der Waals surface area contributed by atoms with Gasteiger partial charge in [0.25, 0.3) is 5.88 Å². The number of likely N-dealkylation sites (tertiary alicyclic amines) is 1. The van der Waals surface area contributed by atoms with Gasteiger partial charge in [0, 0.05) is 66.9 Å². The van der Waals surface area contributed by atoms with E-state index in [1.165, 1.54) is 18.5 Å². The highest BCUT2D eigenvalue weighted by atomic mass is 19.1. The monoisotopic (exact) mass is 662 g/mol. The molecular weight excluding hydrogens is 623 g/mol. The molecule has 2 aliphatic carbocycles. The van der Waals surface area contributed by atoms with Crippen LogP contribution in [0.4, 0.5) is 15.9 Å². The van der Waals surface area contributed by atoms with Gasteiger partial charge in [0.15, 0.2) is 5.82 Å². The number of rotatable bonds is 10. The fourth-order valence-corrected chi connectivity index (χ4v) is 8.45. The van der Waals surface area contributed by atoms with E-state index in [9.17, 15) is 4.39 Å². The number of fused-ring (bicyclic) bond motifs is 1. The number of halogens is 1. The first-order valence-electron chi connectivity index (χ1n) is 17.3. The van der Waals surface area contributed by atoms with Crippen LogP contribution in [-0.4, -0.2) is 88.7 Å². The van der Waals surface area contributed by atoms with E-state index in [1.54, 1.807) is 18.6 Å². The van der Waals surface area contributed by atoms with E-state index in [1.807, 2.05) is 12.3 Å². The lowest BCUT2D eigenvalue weighted by atomic mass is 9.68. The fraction of sp³-hybridized carbons (Fsp3) is 0.486. The molecule has 2 saturated carbocycles. The summed E-state index contributed by atoms with van der Waals surface area (Å²) < 4.78 is 21.0. The second-order valence-electron chi connectivity index (χ2n) is 14.7. The number of nitrogens with one attached hydrogen (secondary N) is 2. The average Bonchev–Trinajstić information content (AvgIpc) is 3.65. The molecule has 0 radical (unpaired) electrons. The normalized spacial score (nSPS) is 22.3. The molecule has 0 unspecified atom stereocenters. The Morgan fingerprint density at radius 1 is 1.00 bits per heavy atom. The summed E-state index contributed by atoms with van der Waals surface area (Å²) in [5.41, 5.74) is 4.93. The summed E-state index contributed by atoms with van der Waals surface area (Å²) >= 11 is 0. The number of hydrogen-bond acceptors (Lipinski definition) is 12. The minimum atomic E-state index is -0.350. The van der Waals surface area contributed by atoms with Crippen molar-refractivity contribution in [3.8, 4) is 22.8 Å². The molecule has 1 atom stereocenters. The number of nitrogens with zero attached hydrogens (tertiary/aromatic N) is 10. The Hall–Kier alpha value is -4.85. The van der Waals surface area contributed by atoms with Gasteiger partial charge in [-0.3, -0.25) is 4.90 Å². The molecule has 4 aromatic heterocycles. The van der Waals surface area contributed by atoms with Crippen LogP contribution in [0.15, 0.2) is 49.3 Å². The van der Waals surface area contributed by atoms with Crippen molar-refractivity contribution >= 4 is 22.7 Å². The summed E-state index contributed by atoms with van der Waals surface area (Å²) in [4.78, 5) is 22.8. The zero-order chi connectivity index (χ0) is 33.1. The van der Waals surface area contributed by atoms with E-state index in [2.05, 4.69) is 74.5 Å². The van der Waals surface area contributed by atoms with Gasteiger partial charge in [0.05, 0.1) is 17.6 Å². The Kier molecular flexibility index (Phi) is 7.36. The Morgan fingerprint density at radius 2 is 1.88 bits per heavy atom. The van der Waals surface area contributed by atoms with Crippen LogP contribution in [0.25, 0.3) is 22.3 Å². The van der Waals surface area contributed by atoms with E-state index in [4.69, 9.17) is 4.74 Å². The van der Waals surface area contributed by atoms with Gasteiger partial charge in [-0.05, 0) is 68.2 Å². The predicted molar refractivity (Wildman–Crippen MR) is 181 cm³/mol. The molecule has 4 fully saturated rings. The van der Waals surface area contributed by atoms with Gasteiger partial charge in [-0.2, -0.15) is 10.3 Å². The number of benzene rings is 1. The van der Waals surface area contributed by atoms with Crippen LogP contribution in [-0.2, 0) is 0 Å². The highest BCUT2D eigenvalue weighted by Gasteiger charge is 2.53. The van der Waals surface area contributed by atoms with Crippen LogP contribution in [0.2, 0.25) is 0 Å². The smallest absolute Gasteiger partial charge is 0.282 e. The fourth-order valence-electron chi connectivity index (χ4n) is 8.45. The number of ether oxygens (including phenoxy) is 1. The standard InChI is InChI=1S/C35H39FN12O/c1-20(2)31(22-9-24(10-22)42-25-12-28-32(38-13-25)44-46-43-28)48-16-35(17-48)7-8-47(15-35)33-34(45-41-19-40-33)49-29-6-5-23(36)11-26(29)27-14-37-18-39-30(27)21-3-4-21/h5-6,11-14,18-22,24,31,42H,3-4,7-10,15-17H2,1-2H3,(H,38,43,44,46)/t22?,24?,31-/m1/s1. The number of hydrogen-bond donors (Lipinski definition) is 2. The van der Waals surface area contributed by atoms with Crippen molar-refractivity contribution in [2.75, 3.05) is 36.4 Å². The highest BCUT2D eigenvalue weighted by Crippen LogP contribution is 2.49. The largest absolute Gasteiger partial charge is 0.434 e. The predicted octanol–water partition coefficient (Wildman–Crippen LogP) is 5.23. The van der Waals surface area contributed by atoms with Crippen molar-refractivity contribution in [1.82, 2.24) is 50.4 Å². The summed E-state index contributed by atoms with van der Waals surface area (Å²) in [5.74, 6) is 2.70. The number of H-pyrrole nitrogens is 1. The summed E-state index contributed by atoms with van der Waals surface area (Å²) in [5, 5.41) is 22.9. The SMILES string of the molecule is CC(C)[C@H](C1CC(Nc2cnc3n[nH]nc3c2)C1)N1CC2(CCN(c3ncnnc3Oc3ccc(F)cc3-c3cncnc3C3CC3)C2)C1. The molecule has 5 aromatic rings. The molecule has 4 aliphatic rings. The van der Waals surface area contributed by atoms with Crippen LogP contribution in [0.3, 0.4) is 0 Å².